The second-order valence-corrected chi connectivity index (χ2v) is 5.80. The van der Waals surface area contributed by atoms with Crippen molar-refractivity contribution in [3.63, 3.8) is 0 Å². The normalized spacial score (nSPS) is 11.5. The number of para-hydroxylation sites is 1. The van der Waals surface area contributed by atoms with E-state index in [0.717, 1.165) is 11.0 Å². The fraction of sp³-hybridized carbons (Fsp3) is 0. The maximum absolute atomic E-state index is 4.41. The molecule has 0 aliphatic rings. The van der Waals surface area contributed by atoms with E-state index in [-0.39, 0.29) is 0 Å². The van der Waals surface area contributed by atoms with Gasteiger partial charge in [0.25, 0.3) is 0 Å². The van der Waals surface area contributed by atoms with E-state index in [1.54, 1.807) is 6.33 Å². The summed E-state index contributed by atoms with van der Waals surface area (Å²) in [5, 5.41) is 5.07. The molecule has 1 heterocycles. The van der Waals surface area contributed by atoms with Crippen LogP contribution in [0.1, 0.15) is 0 Å². The van der Waals surface area contributed by atoms with Gasteiger partial charge in [0.05, 0.1) is 17.4 Å². The van der Waals surface area contributed by atoms with Gasteiger partial charge in [0, 0.05) is 5.56 Å². The minimum absolute atomic E-state index is 1.000. The Morgan fingerprint density at radius 2 is 1.39 bits per heavy atom. The summed E-state index contributed by atoms with van der Waals surface area (Å²) >= 11 is 0. The van der Waals surface area contributed by atoms with Crippen LogP contribution < -0.4 is 0 Å². The Kier molecular flexibility index (Phi) is 2.53. The molecule has 0 saturated carbocycles. The molecule has 0 unspecified atom stereocenters. The summed E-state index contributed by atoms with van der Waals surface area (Å²) in [7, 11) is 0. The van der Waals surface area contributed by atoms with Gasteiger partial charge in [-0.05, 0) is 39.2 Å². The van der Waals surface area contributed by atoms with Gasteiger partial charge in [0.15, 0.2) is 0 Å². The van der Waals surface area contributed by atoms with Crippen molar-refractivity contribution < 1.29 is 0 Å². The number of rotatable bonds is 1. The third-order valence-electron chi connectivity index (χ3n) is 4.50. The Labute approximate surface area is 133 Å². The maximum atomic E-state index is 4.41. The monoisotopic (exact) mass is 294 g/mol. The topological polar surface area (TPSA) is 28.7 Å². The van der Waals surface area contributed by atoms with Crippen LogP contribution in [-0.4, -0.2) is 9.97 Å². The van der Waals surface area contributed by atoms with Gasteiger partial charge in [-0.3, -0.25) is 0 Å². The first-order valence-electron chi connectivity index (χ1n) is 7.75. The van der Waals surface area contributed by atoms with Crippen LogP contribution in [0.4, 0.5) is 0 Å². The highest BCUT2D eigenvalue weighted by Gasteiger charge is 2.12. The lowest BCUT2D eigenvalue weighted by Crippen LogP contribution is -1.87. The molecule has 108 valence electrons. The number of hydrogen-bond acceptors (Lipinski definition) is 1. The minimum Gasteiger partial charge on any atom is -0.344 e. The average molecular weight is 294 g/mol. The van der Waals surface area contributed by atoms with Gasteiger partial charge in [-0.2, -0.15) is 0 Å². The highest BCUT2D eigenvalue weighted by atomic mass is 14.9. The van der Waals surface area contributed by atoms with E-state index >= 15 is 0 Å². The lowest BCUT2D eigenvalue weighted by Gasteiger charge is -2.12. The van der Waals surface area contributed by atoms with Crippen LogP contribution in [0.15, 0.2) is 79.1 Å². The molecule has 4 aromatic carbocycles. The number of aromatic nitrogens is 2. The molecule has 0 fully saturated rings. The molecule has 1 N–H and O–H groups in total. The van der Waals surface area contributed by atoms with Gasteiger partial charge < -0.3 is 4.98 Å². The van der Waals surface area contributed by atoms with Crippen LogP contribution in [-0.2, 0) is 0 Å². The molecule has 5 rings (SSSR count). The van der Waals surface area contributed by atoms with Crippen LogP contribution >= 0.6 is 0 Å². The molecule has 0 atom stereocenters. The Morgan fingerprint density at radius 1 is 0.696 bits per heavy atom. The van der Waals surface area contributed by atoms with Gasteiger partial charge in [-0.15, -0.1) is 0 Å². The highest BCUT2D eigenvalue weighted by Crippen LogP contribution is 2.38. The number of H-pyrrole nitrogens is 1. The van der Waals surface area contributed by atoms with E-state index in [1.165, 1.54) is 32.7 Å². The number of nitrogens with zero attached hydrogens (tertiary/aromatic N) is 1. The fourth-order valence-corrected chi connectivity index (χ4v) is 3.48. The molecule has 0 radical (unpaired) electrons. The number of nitrogens with one attached hydrogen (secondary N) is 1. The number of aromatic amines is 1. The fourth-order valence-electron chi connectivity index (χ4n) is 3.48. The average Bonchev–Trinajstić information content (AvgIpc) is 3.08. The van der Waals surface area contributed by atoms with Crippen molar-refractivity contribution in [1.82, 2.24) is 9.97 Å². The van der Waals surface area contributed by atoms with E-state index < -0.39 is 0 Å². The zero-order valence-corrected chi connectivity index (χ0v) is 12.5. The molecule has 0 spiro atoms. The van der Waals surface area contributed by atoms with Gasteiger partial charge in [0.1, 0.15) is 0 Å². The zero-order chi connectivity index (χ0) is 15.2. The van der Waals surface area contributed by atoms with Crippen LogP contribution in [0, 0.1) is 0 Å². The molecule has 1 aromatic heterocycles. The van der Waals surface area contributed by atoms with Crippen molar-refractivity contribution >= 4 is 32.6 Å². The SMILES string of the molecule is c1ccc2c(-c3cccc4nc[nH]c34)c3ccccc3cc2c1. The van der Waals surface area contributed by atoms with Crippen molar-refractivity contribution in [3.05, 3.63) is 79.1 Å². The first-order valence-corrected chi connectivity index (χ1v) is 7.75. The second-order valence-electron chi connectivity index (χ2n) is 5.80. The summed E-state index contributed by atoms with van der Waals surface area (Å²) in [6.07, 6.45) is 1.77. The molecule has 0 aliphatic carbocycles. The summed E-state index contributed by atoms with van der Waals surface area (Å²) in [5.74, 6) is 0. The summed E-state index contributed by atoms with van der Waals surface area (Å²) in [6, 6.07) is 25.7. The lowest BCUT2D eigenvalue weighted by molar-refractivity contribution is 1.34. The van der Waals surface area contributed by atoms with E-state index in [1.807, 2.05) is 6.07 Å². The number of imidazole rings is 1. The van der Waals surface area contributed by atoms with E-state index in [9.17, 15) is 0 Å². The molecule has 23 heavy (non-hydrogen) atoms. The predicted octanol–water partition coefficient (Wildman–Crippen LogP) is 5.54. The van der Waals surface area contributed by atoms with Crippen LogP contribution in [0.3, 0.4) is 0 Å². The van der Waals surface area contributed by atoms with Crippen LogP contribution in [0.2, 0.25) is 0 Å². The van der Waals surface area contributed by atoms with Gasteiger partial charge in [-0.1, -0.05) is 60.7 Å². The quantitative estimate of drug-likeness (QED) is 0.404. The van der Waals surface area contributed by atoms with E-state index in [0.29, 0.717) is 0 Å². The maximum Gasteiger partial charge on any atom is 0.0932 e. The molecular formula is C21H14N2. The van der Waals surface area contributed by atoms with E-state index in [4.69, 9.17) is 0 Å². The first-order chi connectivity index (χ1) is 11.4. The summed E-state index contributed by atoms with van der Waals surface area (Å²) in [5.41, 5.74) is 4.56. The van der Waals surface area contributed by atoms with Crippen molar-refractivity contribution in [2.24, 2.45) is 0 Å². The molecule has 0 amide bonds. The van der Waals surface area contributed by atoms with Crippen LogP contribution in [0.25, 0.3) is 43.7 Å². The second kappa shape index (κ2) is 4.68. The zero-order valence-electron chi connectivity index (χ0n) is 12.5. The number of benzene rings is 4. The van der Waals surface area contributed by atoms with Crippen LogP contribution in [0.5, 0.6) is 0 Å². The molecular weight excluding hydrogens is 280 g/mol. The first kappa shape index (κ1) is 12.4. The third-order valence-corrected chi connectivity index (χ3v) is 4.50. The lowest BCUT2D eigenvalue weighted by atomic mass is 9.91. The Hall–Kier alpha value is -3.13. The van der Waals surface area contributed by atoms with Crippen molar-refractivity contribution in [2.75, 3.05) is 0 Å². The Morgan fingerprint density at radius 3 is 2.13 bits per heavy atom. The molecule has 2 nitrogen and oxygen atoms in total. The Bertz CT molecular complexity index is 1110. The largest absolute Gasteiger partial charge is 0.344 e. The predicted molar refractivity (Wildman–Crippen MR) is 96.5 cm³/mol. The standard InChI is InChI=1S/C21H14N2/c1-3-8-16-14(6-1)12-15-7-2-4-9-17(15)20(16)18-10-5-11-19-21(18)23-13-22-19/h1-13H,(H,22,23). The summed E-state index contributed by atoms with van der Waals surface area (Å²) < 4.78 is 0. The highest BCUT2D eigenvalue weighted by molar-refractivity contribution is 6.15. The third kappa shape index (κ3) is 1.78. The van der Waals surface area contributed by atoms with Gasteiger partial charge in [0.2, 0.25) is 0 Å². The van der Waals surface area contributed by atoms with Crippen molar-refractivity contribution in [2.45, 2.75) is 0 Å². The molecule has 5 aromatic rings. The molecule has 0 saturated heterocycles. The minimum atomic E-state index is 1.000. The summed E-state index contributed by atoms with van der Waals surface area (Å²) in [4.78, 5) is 7.71. The van der Waals surface area contributed by atoms with Gasteiger partial charge >= 0.3 is 0 Å². The van der Waals surface area contributed by atoms with Crippen molar-refractivity contribution in [3.8, 4) is 11.1 Å². The smallest absolute Gasteiger partial charge is 0.0932 e. The summed E-state index contributed by atoms with van der Waals surface area (Å²) in [6.45, 7) is 0. The Balaban J connectivity index is 2.05. The molecule has 2 heteroatoms. The van der Waals surface area contributed by atoms with Gasteiger partial charge in [-0.25, -0.2) is 4.98 Å². The van der Waals surface area contributed by atoms with Crippen molar-refractivity contribution in [1.29, 1.82) is 0 Å². The van der Waals surface area contributed by atoms with E-state index in [2.05, 4.69) is 76.7 Å². The molecule has 0 bridgehead atoms. The molecule has 0 aliphatic heterocycles. The number of hydrogen-bond donors (Lipinski definition) is 1. The number of fused-ring (bicyclic) bond motifs is 3.